The number of carbonyl (C=O) groups excluding carboxylic acids is 2. The summed E-state index contributed by atoms with van der Waals surface area (Å²) in [6, 6.07) is 18.5. The van der Waals surface area contributed by atoms with E-state index in [1.54, 1.807) is 20.8 Å². The average molecular weight is 439 g/mol. The van der Waals surface area contributed by atoms with E-state index in [1.807, 2.05) is 60.7 Å². The van der Waals surface area contributed by atoms with E-state index in [4.69, 9.17) is 9.47 Å². The first-order valence-corrected chi connectivity index (χ1v) is 10.9. The number of hydrogen-bond donors (Lipinski definition) is 2. The number of hydrogen-bond acceptors (Lipinski definition) is 7. The zero-order valence-corrected chi connectivity index (χ0v) is 18.7. The van der Waals surface area contributed by atoms with Crippen molar-refractivity contribution >= 4 is 23.3 Å². The highest BCUT2D eigenvalue weighted by molar-refractivity contribution is 6.06. The zero-order chi connectivity index (χ0) is 23.1. The molecule has 0 bridgehead atoms. The van der Waals surface area contributed by atoms with Gasteiger partial charge in [-0.3, -0.25) is 15.0 Å². The molecule has 32 heavy (non-hydrogen) atoms. The van der Waals surface area contributed by atoms with Crippen LogP contribution in [0, 0.1) is 11.8 Å². The minimum absolute atomic E-state index is 0.0170. The summed E-state index contributed by atoms with van der Waals surface area (Å²) in [6.07, 6.45) is 0.0170. The van der Waals surface area contributed by atoms with Crippen LogP contribution in [0.1, 0.15) is 38.7 Å². The van der Waals surface area contributed by atoms with Crippen molar-refractivity contribution in [3.05, 3.63) is 66.2 Å². The molecule has 2 aromatic carbocycles. The van der Waals surface area contributed by atoms with Crippen molar-refractivity contribution in [2.24, 2.45) is 16.9 Å². The van der Waals surface area contributed by atoms with Crippen LogP contribution in [0.2, 0.25) is 0 Å². The second kappa shape index (κ2) is 10.4. The minimum Gasteiger partial charge on any atom is -0.466 e. The maximum absolute atomic E-state index is 13.2. The number of esters is 2. The second-order valence-corrected chi connectivity index (χ2v) is 8.01. The van der Waals surface area contributed by atoms with E-state index in [-0.39, 0.29) is 19.6 Å². The number of nitrogens with one attached hydrogen (secondary N) is 1. The van der Waals surface area contributed by atoms with Gasteiger partial charge in [-0.05, 0) is 38.5 Å². The maximum Gasteiger partial charge on any atom is 0.315 e. The fourth-order valence-electron chi connectivity index (χ4n) is 4.34. The van der Waals surface area contributed by atoms with Gasteiger partial charge in [0.2, 0.25) is 0 Å². The number of nitrogens with zero attached hydrogens (tertiary/aromatic N) is 1. The molecule has 1 aliphatic carbocycles. The van der Waals surface area contributed by atoms with Gasteiger partial charge >= 0.3 is 11.9 Å². The standard InChI is InChI=1S/C25H30N2O5/c1-4-31-23(28)21-19(27-26-18-14-10-7-11-15-18)16-25(3,30)22(24(29)32-5-2)20(21)17-12-8-6-9-13-17/h6-15,20-22,26,30H,4-5,16H2,1-3H3/b27-19+. The van der Waals surface area contributed by atoms with E-state index in [0.717, 1.165) is 11.3 Å². The molecule has 1 fully saturated rings. The van der Waals surface area contributed by atoms with Crippen molar-refractivity contribution in [2.45, 2.75) is 38.7 Å². The molecular formula is C25H30N2O5. The first-order chi connectivity index (χ1) is 15.4. The summed E-state index contributed by atoms with van der Waals surface area (Å²) in [5.41, 5.74) is 3.39. The van der Waals surface area contributed by atoms with Gasteiger partial charge in [-0.1, -0.05) is 48.5 Å². The van der Waals surface area contributed by atoms with Gasteiger partial charge in [0, 0.05) is 12.3 Å². The van der Waals surface area contributed by atoms with Crippen molar-refractivity contribution in [1.82, 2.24) is 0 Å². The van der Waals surface area contributed by atoms with Crippen molar-refractivity contribution in [3.63, 3.8) is 0 Å². The normalized spacial score (nSPS) is 26.4. The van der Waals surface area contributed by atoms with Crippen LogP contribution in [0.25, 0.3) is 0 Å². The fraction of sp³-hybridized carbons (Fsp3) is 0.400. The third-order valence-corrected chi connectivity index (χ3v) is 5.65. The molecule has 7 nitrogen and oxygen atoms in total. The third-order valence-electron chi connectivity index (χ3n) is 5.65. The number of carbonyl (C=O) groups is 2. The molecular weight excluding hydrogens is 408 g/mol. The molecule has 2 N–H and O–H groups in total. The lowest BCUT2D eigenvalue weighted by Gasteiger charge is -2.45. The van der Waals surface area contributed by atoms with Crippen LogP contribution in [0.15, 0.2) is 65.8 Å². The number of para-hydroxylation sites is 1. The number of anilines is 1. The molecule has 0 aromatic heterocycles. The van der Waals surface area contributed by atoms with Gasteiger partial charge in [-0.2, -0.15) is 5.10 Å². The Balaban J connectivity index is 2.12. The predicted molar refractivity (Wildman–Crippen MR) is 122 cm³/mol. The lowest BCUT2D eigenvalue weighted by Crippen LogP contribution is -2.55. The summed E-state index contributed by atoms with van der Waals surface area (Å²) < 4.78 is 10.7. The van der Waals surface area contributed by atoms with E-state index in [1.165, 1.54) is 0 Å². The van der Waals surface area contributed by atoms with Gasteiger partial charge in [0.05, 0.1) is 36.1 Å². The van der Waals surface area contributed by atoms with E-state index < -0.39 is 35.3 Å². The Kier molecular flexibility index (Phi) is 7.64. The molecule has 0 saturated heterocycles. The van der Waals surface area contributed by atoms with Crippen LogP contribution in [0.4, 0.5) is 5.69 Å². The first kappa shape index (κ1) is 23.5. The minimum atomic E-state index is -1.48. The summed E-state index contributed by atoms with van der Waals surface area (Å²) in [6.45, 7) is 5.40. The number of ether oxygens (including phenoxy) is 2. The molecule has 3 rings (SSSR count). The lowest BCUT2D eigenvalue weighted by molar-refractivity contribution is -0.163. The molecule has 0 heterocycles. The highest BCUT2D eigenvalue weighted by Gasteiger charge is 2.56. The van der Waals surface area contributed by atoms with E-state index in [0.29, 0.717) is 5.71 Å². The Bertz CT molecular complexity index is 943. The van der Waals surface area contributed by atoms with Crippen molar-refractivity contribution in [3.8, 4) is 0 Å². The Morgan fingerprint density at radius 3 is 2.16 bits per heavy atom. The lowest BCUT2D eigenvalue weighted by atomic mass is 9.61. The van der Waals surface area contributed by atoms with Gasteiger partial charge in [-0.15, -0.1) is 0 Å². The second-order valence-electron chi connectivity index (χ2n) is 8.01. The SMILES string of the molecule is CCOC(=O)C1/C(=N/Nc2ccccc2)CC(C)(O)C(C(=O)OCC)C1c1ccccc1. The maximum atomic E-state index is 13.2. The Hall–Kier alpha value is -3.19. The van der Waals surface area contributed by atoms with Gasteiger partial charge in [0.25, 0.3) is 0 Å². The molecule has 0 radical (unpaired) electrons. The molecule has 0 aliphatic heterocycles. The van der Waals surface area contributed by atoms with Crippen LogP contribution < -0.4 is 5.43 Å². The molecule has 170 valence electrons. The molecule has 0 spiro atoms. The molecule has 7 heteroatoms. The zero-order valence-electron chi connectivity index (χ0n) is 18.7. The molecule has 2 aromatic rings. The Labute approximate surface area is 188 Å². The smallest absolute Gasteiger partial charge is 0.315 e. The number of aliphatic hydroxyl groups is 1. The summed E-state index contributed by atoms with van der Waals surface area (Å²) in [4.78, 5) is 26.2. The molecule has 1 aliphatic rings. The van der Waals surface area contributed by atoms with Crippen LogP contribution >= 0.6 is 0 Å². The van der Waals surface area contributed by atoms with Crippen LogP contribution in [0.3, 0.4) is 0 Å². The number of hydrazone groups is 1. The number of benzene rings is 2. The highest BCUT2D eigenvalue weighted by Crippen LogP contribution is 2.47. The van der Waals surface area contributed by atoms with Crippen LogP contribution in [-0.2, 0) is 19.1 Å². The first-order valence-electron chi connectivity index (χ1n) is 10.9. The van der Waals surface area contributed by atoms with Gasteiger partial charge < -0.3 is 14.6 Å². The quantitative estimate of drug-likeness (QED) is 0.505. The summed E-state index contributed by atoms with van der Waals surface area (Å²) in [5.74, 6) is -3.55. The van der Waals surface area contributed by atoms with E-state index in [2.05, 4.69) is 10.5 Å². The molecule has 4 atom stereocenters. The fourth-order valence-corrected chi connectivity index (χ4v) is 4.34. The monoisotopic (exact) mass is 438 g/mol. The third kappa shape index (κ3) is 5.16. The number of rotatable bonds is 7. The van der Waals surface area contributed by atoms with Gasteiger partial charge in [0.15, 0.2) is 0 Å². The average Bonchev–Trinajstić information content (AvgIpc) is 2.78. The molecule has 4 unspecified atom stereocenters. The molecule has 0 amide bonds. The Morgan fingerprint density at radius 1 is 1.00 bits per heavy atom. The largest absolute Gasteiger partial charge is 0.466 e. The van der Waals surface area contributed by atoms with Crippen molar-refractivity contribution < 1.29 is 24.2 Å². The van der Waals surface area contributed by atoms with Gasteiger partial charge in [-0.25, -0.2) is 0 Å². The van der Waals surface area contributed by atoms with Crippen molar-refractivity contribution in [2.75, 3.05) is 18.6 Å². The van der Waals surface area contributed by atoms with Crippen LogP contribution in [-0.4, -0.2) is 41.6 Å². The highest BCUT2D eigenvalue weighted by atomic mass is 16.5. The summed E-state index contributed by atoms with van der Waals surface area (Å²) >= 11 is 0. The van der Waals surface area contributed by atoms with Crippen LogP contribution in [0.5, 0.6) is 0 Å². The Morgan fingerprint density at radius 2 is 1.56 bits per heavy atom. The van der Waals surface area contributed by atoms with E-state index in [9.17, 15) is 14.7 Å². The predicted octanol–water partition coefficient (Wildman–Crippen LogP) is 3.75. The summed E-state index contributed by atoms with van der Waals surface area (Å²) in [7, 11) is 0. The topological polar surface area (TPSA) is 97.2 Å². The van der Waals surface area contributed by atoms with E-state index >= 15 is 0 Å². The van der Waals surface area contributed by atoms with Crippen molar-refractivity contribution in [1.29, 1.82) is 0 Å². The van der Waals surface area contributed by atoms with Gasteiger partial charge in [0.1, 0.15) is 5.92 Å². The summed E-state index contributed by atoms with van der Waals surface area (Å²) in [5, 5.41) is 15.9. The molecule has 1 saturated carbocycles.